The SMILES string of the molecule is CC(C)CN(CCC(=O)NCc1ccncc1)C(=O)c1ccoc1. The first-order valence-electron chi connectivity index (χ1n) is 8.03. The number of hydrogen-bond acceptors (Lipinski definition) is 4. The van der Waals surface area contributed by atoms with Crippen LogP contribution in [0.25, 0.3) is 0 Å². The van der Waals surface area contributed by atoms with Gasteiger partial charge in [-0.25, -0.2) is 0 Å². The predicted molar refractivity (Wildman–Crippen MR) is 90.2 cm³/mol. The van der Waals surface area contributed by atoms with Crippen molar-refractivity contribution in [3.8, 4) is 0 Å². The fourth-order valence-electron chi connectivity index (χ4n) is 2.31. The molecule has 0 aliphatic heterocycles. The number of aromatic nitrogens is 1. The third-order valence-corrected chi connectivity index (χ3v) is 3.49. The van der Waals surface area contributed by atoms with Crippen LogP contribution < -0.4 is 5.32 Å². The molecule has 0 aliphatic rings. The topological polar surface area (TPSA) is 75.4 Å². The van der Waals surface area contributed by atoms with Gasteiger partial charge in [-0.3, -0.25) is 14.6 Å². The Balaban J connectivity index is 1.85. The highest BCUT2D eigenvalue weighted by molar-refractivity contribution is 5.94. The molecule has 2 heterocycles. The van der Waals surface area contributed by atoms with Crippen LogP contribution in [0.5, 0.6) is 0 Å². The quantitative estimate of drug-likeness (QED) is 0.807. The van der Waals surface area contributed by atoms with E-state index < -0.39 is 0 Å². The maximum atomic E-state index is 12.5. The molecule has 2 aromatic heterocycles. The molecule has 0 aromatic carbocycles. The molecule has 2 rings (SSSR count). The lowest BCUT2D eigenvalue weighted by molar-refractivity contribution is -0.121. The summed E-state index contributed by atoms with van der Waals surface area (Å²) in [7, 11) is 0. The standard InChI is InChI=1S/C18H23N3O3/c1-14(2)12-21(18(23)16-6-10-24-13-16)9-5-17(22)20-11-15-3-7-19-8-4-15/h3-4,6-8,10,13-14H,5,9,11-12H2,1-2H3,(H,20,22). The molecule has 24 heavy (non-hydrogen) atoms. The Labute approximate surface area is 141 Å². The minimum Gasteiger partial charge on any atom is -0.472 e. The molecule has 128 valence electrons. The number of nitrogens with one attached hydrogen (secondary N) is 1. The van der Waals surface area contributed by atoms with Crippen molar-refractivity contribution in [1.29, 1.82) is 0 Å². The van der Waals surface area contributed by atoms with Gasteiger partial charge in [-0.15, -0.1) is 0 Å². The number of pyridine rings is 1. The number of furan rings is 1. The maximum absolute atomic E-state index is 12.5. The molecule has 2 amide bonds. The summed E-state index contributed by atoms with van der Waals surface area (Å²) in [6, 6.07) is 5.35. The van der Waals surface area contributed by atoms with E-state index in [0.717, 1.165) is 5.56 Å². The van der Waals surface area contributed by atoms with E-state index in [9.17, 15) is 9.59 Å². The normalized spacial score (nSPS) is 10.6. The van der Waals surface area contributed by atoms with Crippen LogP contribution in [0.2, 0.25) is 0 Å². The van der Waals surface area contributed by atoms with Gasteiger partial charge < -0.3 is 14.6 Å². The molecular weight excluding hydrogens is 306 g/mol. The van der Waals surface area contributed by atoms with E-state index in [1.54, 1.807) is 23.4 Å². The van der Waals surface area contributed by atoms with Gasteiger partial charge in [-0.2, -0.15) is 0 Å². The highest BCUT2D eigenvalue weighted by Crippen LogP contribution is 2.09. The molecule has 0 saturated carbocycles. The summed E-state index contributed by atoms with van der Waals surface area (Å²) in [4.78, 5) is 30.1. The Morgan fingerprint density at radius 3 is 2.62 bits per heavy atom. The van der Waals surface area contributed by atoms with Crippen LogP contribution in [0, 0.1) is 5.92 Å². The fourth-order valence-corrected chi connectivity index (χ4v) is 2.31. The van der Waals surface area contributed by atoms with E-state index in [0.29, 0.717) is 31.1 Å². The lowest BCUT2D eigenvalue weighted by Gasteiger charge is -2.24. The molecule has 6 heteroatoms. The monoisotopic (exact) mass is 329 g/mol. The van der Waals surface area contributed by atoms with E-state index in [2.05, 4.69) is 10.3 Å². The van der Waals surface area contributed by atoms with Crippen LogP contribution >= 0.6 is 0 Å². The molecule has 1 N–H and O–H groups in total. The summed E-state index contributed by atoms with van der Waals surface area (Å²) in [5.41, 5.74) is 1.50. The smallest absolute Gasteiger partial charge is 0.257 e. The zero-order valence-electron chi connectivity index (χ0n) is 14.1. The van der Waals surface area contributed by atoms with E-state index in [4.69, 9.17) is 4.42 Å². The van der Waals surface area contributed by atoms with Crippen molar-refractivity contribution >= 4 is 11.8 Å². The fraction of sp³-hybridized carbons (Fsp3) is 0.389. The molecule has 0 fully saturated rings. The number of carbonyl (C=O) groups is 2. The first-order chi connectivity index (χ1) is 11.6. The average molecular weight is 329 g/mol. The van der Waals surface area contributed by atoms with Crippen molar-refractivity contribution in [2.75, 3.05) is 13.1 Å². The predicted octanol–water partition coefficient (Wildman–Crippen LogP) is 2.48. The number of rotatable bonds is 8. The number of amides is 2. The maximum Gasteiger partial charge on any atom is 0.257 e. The Morgan fingerprint density at radius 1 is 1.25 bits per heavy atom. The highest BCUT2D eigenvalue weighted by Gasteiger charge is 2.18. The van der Waals surface area contributed by atoms with Crippen molar-refractivity contribution in [3.63, 3.8) is 0 Å². The largest absolute Gasteiger partial charge is 0.472 e. The van der Waals surface area contributed by atoms with Gasteiger partial charge in [0.2, 0.25) is 5.91 Å². The van der Waals surface area contributed by atoms with Gasteiger partial charge in [0, 0.05) is 38.4 Å². The van der Waals surface area contributed by atoms with Crippen molar-refractivity contribution in [3.05, 3.63) is 54.2 Å². The lowest BCUT2D eigenvalue weighted by Crippen LogP contribution is -2.37. The van der Waals surface area contributed by atoms with Gasteiger partial charge >= 0.3 is 0 Å². The third-order valence-electron chi connectivity index (χ3n) is 3.49. The third kappa shape index (κ3) is 5.53. The molecule has 0 radical (unpaired) electrons. The minimum atomic E-state index is -0.112. The molecule has 0 aliphatic carbocycles. The summed E-state index contributed by atoms with van der Waals surface area (Å²) in [5, 5.41) is 2.86. The van der Waals surface area contributed by atoms with Gasteiger partial charge in [-0.1, -0.05) is 13.8 Å². The van der Waals surface area contributed by atoms with Crippen molar-refractivity contribution < 1.29 is 14.0 Å². The van der Waals surface area contributed by atoms with Crippen LogP contribution in [0.3, 0.4) is 0 Å². The second kappa shape index (κ2) is 8.86. The van der Waals surface area contributed by atoms with Gasteiger partial charge in [0.05, 0.1) is 11.8 Å². The van der Waals surface area contributed by atoms with Crippen molar-refractivity contribution in [1.82, 2.24) is 15.2 Å². The summed E-state index contributed by atoms with van der Waals surface area (Å²) < 4.78 is 4.97. The molecule has 0 bridgehead atoms. The summed E-state index contributed by atoms with van der Waals surface area (Å²) in [6.07, 6.45) is 6.55. The molecule has 2 aromatic rings. The van der Waals surface area contributed by atoms with E-state index in [1.165, 1.54) is 12.5 Å². The Hall–Kier alpha value is -2.63. The van der Waals surface area contributed by atoms with Crippen LogP contribution in [0.1, 0.15) is 36.2 Å². The molecule has 0 saturated heterocycles. The summed E-state index contributed by atoms with van der Waals surface area (Å²) >= 11 is 0. The second-order valence-corrected chi connectivity index (χ2v) is 6.04. The zero-order valence-corrected chi connectivity index (χ0v) is 14.1. The van der Waals surface area contributed by atoms with Crippen LogP contribution in [-0.4, -0.2) is 34.8 Å². The van der Waals surface area contributed by atoms with E-state index in [1.807, 2.05) is 26.0 Å². The van der Waals surface area contributed by atoms with E-state index >= 15 is 0 Å². The first kappa shape index (κ1) is 17.7. The van der Waals surface area contributed by atoms with Crippen molar-refractivity contribution in [2.45, 2.75) is 26.8 Å². The Morgan fingerprint density at radius 2 is 2.00 bits per heavy atom. The average Bonchev–Trinajstić information content (AvgIpc) is 3.11. The van der Waals surface area contributed by atoms with Gasteiger partial charge in [0.1, 0.15) is 6.26 Å². The number of hydrogen-bond donors (Lipinski definition) is 1. The molecule has 6 nitrogen and oxygen atoms in total. The Kier molecular flexibility index (Phi) is 6.54. The minimum absolute atomic E-state index is 0.0828. The first-order valence-corrected chi connectivity index (χ1v) is 8.03. The molecule has 0 unspecified atom stereocenters. The Bertz CT molecular complexity index is 639. The molecular formula is C18H23N3O3. The van der Waals surface area contributed by atoms with Gasteiger partial charge in [-0.05, 0) is 29.7 Å². The van der Waals surface area contributed by atoms with E-state index in [-0.39, 0.29) is 18.2 Å². The van der Waals surface area contributed by atoms with Gasteiger partial charge in [0.15, 0.2) is 0 Å². The van der Waals surface area contributed by atoms with Gasteiger partial charge in [0.25, 0.3) is 5.91 Å². The highest BCUT2D eigenvalue weighted by atomic mass is 16.3. The molecule has 0 spiro atoms. The summed E-state index contributed by atoms with van der Waals surface area (Å²) in [6.45, 7) is 5.52. The molecule has 0 atom stereocenters. The van der Waals surface area contributed by atoms with Crippen LogP contribution in [0.15, 0.2) is 47.5 Å². The lowest BCUT2D eigenvalue weighted by atomic mass is 10.1. The summed E-state index contributed by atoms with van der Waals surface area (Å²) in [5.74, 6) is 0.126. The van der Waals surface area contributed by atoms with Crippen LogP contribution in [0.4, 0.5) is 0 Å². The zero-order chi connectivity index (χ0) is 17.4. The second-order valence-electron chi connectivity index (χ2n) is 6.04. The number of carbonyl (C=O) groups excluding carboxylic acids is 2. The van der Waals surface area contributed by atoms with Crippen molar-refractivity contribution in [2.24, 2.45) is 5.92 Å². The number of nitrogens with zero attached hydrogens (tertiary/aromatic N) is 2. The van der Waals surface area contributed by atoms with Crippen LogP contribution in [-0.2, 0) is 11.3 Å².